The highest BCUT2D eigenvalue weighted by Crippen LogP contribution is 2.20. The maximum atomic E-state index is 5.25. The van der Waals surface area contributed by atoms with Gasteiger partial charge in [-0.3, -0.25) is 4.98 Å². The summed E-state index contributed by atoms with van der Waals surface area (Å²) in [5.74, 6) is 0.873. The summed E-state index contributed by atoms with van der Waals surface area (Å²) in [6.45, 7) is 8.83. The summed E-state index contributed by atoms with van der Waals surface area (Å²) in [7, 11) is 1.69. The zero-order chi connectivity index (χ0) is 15.5. The molecule has 0 aliphatic heterocycles. The average molecular weight is 286 g/mol. The summed E-state index contributed by atoms with van der Waals surface area (Å²) < 4.78 is 5.25. The molecule has 0 spiro atoms. The van der Waals surface area contributed by atoms with Crippen LogP contribution in [-0.2, 0) is 6.42 Å². The number of hydrogen-bond donors (Lipinski definition) is 1. The number of nitrogens with one attached hydrogen (secondary N) is 1. The minimum atomic E-state index is 0.130. The van der Waals surface area contributed by atoms with Crippen LogP contribution in [0.5, 0.6) is 5.75 Å². The largest absolute Gasteiger partial charge is 0.497 e. The molecular formula is C18H26N2O. The van der Waals surface area contributed by atoms with E-state index >= 15 is 0 Å². The van der Waals surface area contributed by atoms with Crippen LogP contribution >= 0.6 is 0 Å². The van der Waals surface area contributed by atoms with E-state index in [0.717, 1.165) is 35.2 Å². The van der Waals surface area contributed by atoms with Gasteiger partial charge in [0.2, 0.25) is 0 Å². The van der Waals surface area contributed by atoms with Gasteiger partial charge in [0.25, 0.3) is 0 Å². The molecule has 1 aromatic heterocycles. The molecule has 0 radical (unpaired) electrons. The highest BCUT2D eigenvalue weighted by molar-refractivity contribution is 5.80. The number of pyridine rings is 1. The van der Waals surface area contributed by atoms with Gasteiger partial charge in [0, 0.05) is 29.1 Å². The molecule has 21 heavy (non-hydrogen) atoms. The highest BCUT2D eigenvalue weighted by Gasteiger charge is 2.16. The third-order valence-corrected chi connectivity index (χ3v) is 3.54. The first-order valence-electron chi connectivity index (χ1n) is 7.62. The molecule has 2 aromatic rings. The maximum absolute atomic E-state index is 5.25. The lowest BCUT2D eigenvalue weighted by atomic mass is 10.0. The lowest BCUT2D eigenvalue weighted by molar-refractivity contribution is 0.348. The zero-order valence-electron chi connectivity index (χ0n) is 13.7. The normalized spacial score (nSPS) is 13.4. The summed E-state index contributed by atoms with van der Waals surface area (Å²) in [5.41, 5.74) is 2.29. The van der Waals surface area contributed by atoms with Gasteiger partial charge in [0.05, 0.1) is 12.6 Å². The van der Waals surface area contributed by atoms with E-state index in [0.29, 0.717) is 6.04 Å². The fourth-order valence-electron chi connectivity index (χ4n) is 2.55. The highest BCUT2D eigenvalue weighted by atomic mass is 16.5. The van der Waals surface area contributed by atoms with Crippen molar-refractivity contribution in [1.82, 2.24) is 10.3 Å². The predicted molar refractivity (Wildman–Crippen MR) is 89.0 cm³/mol. The first kappa shape index (κ1) is 15.8. The third-order valence-electron chi connectivity index (χ3n) is 3.54. The van der Waals surface area contributed by atoms with Crippen LogP contribution < -0.4 is 10.1 Å². The van der Waals surface area contributed by atoms with Crippen molar-refractivity contribution < 1.29 is 4.74 Å². The molecule has 0 amide bonds. The molecule has 0 aliphatic carbocycles. The molecule has 114 valence electrons. The monoisotopic (exact) mass is 286 g/mol. The number of methoxy groups -OCH3 is 1. The molecule has 0 saturated carbocycles. The van der Waals surface area contributed by atoms with E-state index in [-0.39, 0.29) is 5.54 Å². The Balaban J connectivity index is 2.18. The second-order valence-electron chi connectivity index (χ2n) is 6.56. The predicted octanol–water partition coefficient (Wildman–Crippen LogP) is 3.95. The van der Waals surface area contributed by atoms with Crippen molar-refractivity contribution in [3.8, 4) is 5.75 Å². The van der Waals surface area contributed by atoms with Crippen molar-refractivity contribution in [3.05, 3.63) is 36.0 Å². The van der Waals surface area contributed by atoms with E-state index in [9.17, 15) is 0 Å². The first-order chi connectivity index (χ1) is 9.91. The fraction of sp³-hybridized carbons (Fsp3) is 0.500. The Kier molecular flexibility index (Phi) is 4.84. The summed E-state index contributed by atoms with van der Waals surface area (Å²) in [6.07, 6.45) is 2.05. The van der Waals surface area contributed by atoms with Gasteiger partial charge in [-0.15, -0.1) is 0 Å². The molecule has 1 atom stereocenters. The van der Waals surface area contributed by atoms with E-state index in [1.165, 1.54) is 0 Å². The summed E-state index contributed by atoms with van der Waals surface area (Å²) in [5, 5.41) is 4.78. The van der Waals surface area contributed by atoms with Crippen molar-refractivity contribution in [1.29, 1.82) is 0 Å². The molecule has 2 rings (SSSR count). The van der Waals surface area contributed by atoms with E-state index in [1.54, 1.807) is 7.11 Å². The van der Waals surface area contributed by atoms with Gasteiger partial charge >= 0.3 is 0 Å². The van der Waals surface area contributed by atoms with Crippen molar-refractivity contribution >= 4 is 10.9 Å². The minimum absolute atomic E-state index is 0.130. The Hall–Kier alpha value is -1.61. The molecule has 1 heterocycles. The Morgan fingerprint density at radius 2 is 1.95 bits per heavy atom. The van der Waals surface area contributed by atoms with Crippen molar-refractivity contribution in [2.45, 2.75) is 52.1 Å². The quantitative estimate of drug-likeness (QED) is 0.903. The number of aromatic nitrogens is 1. The number of fused-ring (bicyclic) bond motifs is 1. The van der Waals surface area contributed by atoms with Gasteiger partial charge in [-0.2, -0.15) is 0 Å². The molecule has 3 nitrogen and oxygen atoms in total. The summed E-state index contributed by atoms with van der Waals surface area (Å²) in [6, 6.07) is 10.7. The first-order valence-corrected chi connectivity index (χ1v) is 7.62. The van der Waals surface area contributed by atoms with Crippen LogP contribution in [0.3, 0.4) is 0 Å². The van der Waals surface area contributed by atoms with E-state index in [1.807, 2.05) is 18.2 Å². The zero-order valence-corrected chi connectivity index (χ0v) is 13.7. The molecule has 0 fully saturated rings. The molecular weight excluding hydrogens is 260 g/mol. The molecule has 0 saturated heterocycles. The van der Waals surface area contributed by atoms with Crippen molar-refractivity contribution in [2.24, 2.45) is 0 Å². The van der Waals surface area contributed by atoms with Crippen LogP contribution in [0.2, 0.25) is 0 Å². The van der Waals surface area contributed by atoms with Gasteiger partial charge in [0.15, 0.2) is 0 Å². The van der Waals surface area contributed by atoms with Crippen LogP contribution in [0.25, 0.3) is 10.9 Å². The Morgan fingerprint density at radius 3 is 2.57 bits per heavy atom. The van der Waals surface area contributed by atoms with E-state index in [4.69, 9.17) is 9.72 Å². The Morgan fingerprint density at radius 1 is 1.19 bits per heavy atom. The van der Waals surface area contributed by atoms with Gasteiger partial charge in [-0.25, -0.2) is 0 Å². The maximum Gasteiger partial charge on any atom is 0.119 e. The molecule has 3 heteroatoms. The number of rotatable bonds is 5. The topological polar surface area (TPSA) is 34.1 Å². The third kappa shape index (κ3) is 4.43. The summed E-state index contributed by atoms with van der Waals surface area (Å²) in [4.78, 5) is 4.77. The lowest BCUT2D eigenvalue weighted by Gasteiger charge is -2.27. The molecule has 1 unspecified atom stereocenters. The van der Waals surface area contributed by atoms with E-state index in [2.05, 4.69) is 45.1 Å². The number of nitrogens with zero attached hydrogens (tertiary/aromatic N) is 1. The smallest absolute Gasteiger partial charge is 0.119 e. The van der Waals surface area contributed by atoms with Crippen molar-refractivity contribution in [2.75, 3.05) is 7.11 Å². The van der Waals surface area contributed by atoms with Crippen LogP contribution in [-0.4, -0.2) is 23.7 Å². The number of hydrogen-bond acceptors (Lipinski definition) is 3. The molecule has 1 N–H and O–H groups in total. The Bertz CT molecular complexity index is 602. The van der Waals surface area contributed by atoms with Gasteiger partial charge < -0.3 is 10.1 Å². The second-order valence-corrected chi connectivity index (χ2v) is 6.56. The summed E-state index contributed by atoms with van der Waals surface area (Å²) >= 11 is 0. The SMILES string of the molecule is CCC(Cc1ccc2cc(OC)ccc2n1)NC(C)(C)C. The van der Waals surface area contributed by atoms with E-state index < -0.39 is 0 Å². The van der Waals surface area contributed by atoms with Gasteiger partial charge in [-0.1, -0.05) is 13.0 Å². The number of ether oxygens (including phenoxy) is 1. The standard InChI is InChI=1S/C18H26N2O/c1-6-14(20-18(2,3)4)12-15-8-7-13-11-16(21-5)9-10-17(13)19-15/h7-11,14,20H,6,12H2,1-5H3. The molecule has 1 aromatic carbocycles. The van der Waals surface area contributed by atoms with Gasteiger partial charge in [0.1, 0.15) is 5.75 Å². The second kappa shape index (κ2) is 6.44. The Labute approximate surface area is 127 Å². The number of benzene rings is 1. The minimum Gasteiger partial charge on any atom is -0.497 e. The molecule has 0 aliphatic rings. The average Bonchev–Trinajstić information content (AvgIpc) is 2.44. The van der Waals surface area contributed by atoms with Crippen LogP contribution in [0.15, 0.2) is 30.3 Å². The van der Waals surface area contributed by atoms with Crippen LogP contribution in [0, 0.1) is 0 Å². The van der Waals surface area contributed by atoms with Crippen LogP contribution in [0.1, 0.15) is 39.8 Å². The van der Waals surface area contributed by atoms with Crippen molar-refractivity contribution in [3.63, 3.8) is 0 Å². The van der Waals surface area contributed by atoms with Gasteiger partial charge in [-0.05, 0) is 51.5 Å². The fourth-order valence-corrected chi connectivity index (χ4v) is 2.55. The molecule has 0 bridgehead atoms. The van der Waals surface area contributed by atoms with Crippen LogP contribution in [0.4, 0.5) is 0 Å². The lowest BCUT2D eigenvalue weighted by Crippen LogP contribution is -2.44.